The van der Waals surface area contributed by atoms with Crippen molar-refractivity contribution in [3.05, 3.63) is 0 Å². The average Bonchev–Trinajstić information content (AvgIpc) is 2.76. The van der Waals surface area contributed by atoms with Crippen LogP contribution >= 0.6 is 0 Å². The predicted molar refractivity (Wildman–Crippen MR) is 255 cm³/mol. The number of rotatable bonds is 21. The Balaban J connectivity index is 1.22. The fourth-order valence-electron chi connectivity index (χ4n) is 10.7. The first-order chi connectivity index (χ1) is 39.7. The maximum Gasteiger partial charge on any atom is 0.217 e. The molecular formula is C46H78N2O36. The molecule has 7 aliphatic heterocycles. The van der Waals surface area contributed by atoms with Gasteiger partial charge in [-0.2, -0.15) is 0 Å². The van der Waals surface area contributed by atoms with Crippen LogP contribution in [-0.2, 0) is 71.2 Å². The van der Waals surface area contributed by atoms with E-state index < -0.39 is 273 Å². The lowest BCUT2D eigenvalue weighted by Gasteiger charge is -2.52. The maximum absolute atomic E-state index is 12.8. The Morgan fingerprint density at radius 3 is 1.19 bits per heavy atom. The summed E-state index contributed by atoms with van der Waals surface area (Å²) in [5.74, 6) is -1.77. The molecule has 0 aromatic carbocycles. The zero-order valence-electron chi connectivity index (χ0n) is 44.7. The Hall–Kier alpha value is -2.42. The first-order valence-electron chi connectivity index (χ1n) is 26.6. The molecule has 38 nitrogen and oxygen atoms in total. The Labute approximate surface area is 475 Å². The highest BCUT2D eigenvalue weighted by atomic mass is 16.8. The molecule has 35 atom stereocenters. The van der Waals surface area contributed by atoms with Gasteiger partial charge < -0.3 is 179 Å². The van der Waals surface area contributed by atoms with Gasteiger partial charge >= 0.3 is 0 Å². The minimum atomic E-state index is -2.40. The second-order valence-electron chi connectivity index (χ2n) is 21.1. The standard InChI is InChI=1S/C46H78N2O36/c1-10(55)47-19-27(63)21(57)12(3-49)74-41(19)83-39-33(69)35(80-42-20(48-11(2)56)36(25(61)16(7-53)75-42)81-44-32(68)29(65)23(59)14(5-51)77-44)17(8-54)79-46(39)84-38-30(66)24(60)15(6-52)78-45(38)82-37-26(62)18(73-40(71)34(37)70)9-72-43-31(67)28(64)22(58)13(4-50)76-43/h12-46,49-54,57-71H,3-9H2,1-2H3,(H,47,55)(H,48,56)/t12-,13-,14-,15-,16-,17-,18-,19-,20-,21-,22+,23+,24-,25+,26-,27-,28+,29+,30-,31-,32-,33+,34-,35-,36-,37+,38-,39-,40?,41-,42+,43+,44+,45-,46-/m1/s1. The van der Waals surface area contributed by atoms with Crippen molar-refractivity contribution in [2.75, 3.05) is 46.2 Å². The third kappa shape index (κ3) is 14.7. The van der Waals surface area contributed by atoms with Crippen molar-refractivity contribution >= 4 is 11.8 Å². The van der Waals surface area contributed by atoms with Gasteiger partial charge in [-0.25, -0.2) is 0 Å². The average molecular weight is 1240 g/mol. The number of carbonyl (C=O) groups excluding carboxylic acids is 2. The van der Waals surface area contributed by atoms with Gasteiger partial charge in [-0.1, -0.05) is 0 Å². The van der Waals surface area contributed by atoms with E-state index in [1.54, 1.807) is 0 Å². The molecule has 1 unspecified atom stereocenters. The summed E-state index contributed by atoms with van der Waals surface area (Å²) in [5.41, 5.74) is 0. The van der Waals surface area contributed by atoms with Gasteiger partial charge in [-0.05, 0) is 0 Å². The van der Waals surface area contributed by atoms with Crippen LogP contribution in [0.25, 0.3) is 0 Å². The van der Waals surface area contributed by atoms with Crippen LogP contribution in [-0.4, -0.2) is 380 Å². The lowest BCUT2D eigenvalue weighted by Crippen LogP contribution is -2.71. The lowest BCUT2D eigenvalue weighted by atomic mass is 9.94. The molecular weight excluding hydrogens is 1160 g/mol. The summed E-state index contributed by atoms with van der Waals surface area (Å²) >= 11 is 0. The Morgan fingerprint density at radius 1 is 0.310 bits per heavy atom. The van der Waals surface area contributed by atoms with Gasteiger partial charge in [0.15, 0.2) is 44.0 Å². The summed E-state index contributed by atoms with van der Waals surface area (Å²) in [6, 6.07) is -3.64. The lowest BCUT2D eigenvalue weighted by molar-refractivity contribution is -0.408. The quantitative estimate of drug-likeness (QED) is 0.0507. The number of amides is 2. The van der Waals surface area contributed by atoms with Crippen molar-refractivity contribution in [2.45, 2.75) is 229 Å². The minimum Gasteiger partial charge on any atom is -0.394 e. The Bertz CT molecular complexity index is 2060. The van der Waals surface area contributed by atoms with Crippen molar-refractivity contribution in [3.63, 3.8) is 0 Å². The minimum absolute atomic E-state index is 0.854. The maximum atomic E-state index is 12.8. The molecule has 7 aliphatic rings. The van der Waals surface area contributed by atoms with Crippen LogP contribution in [0.2, 0.25) is 0 Å². The summed E-state index contributed by atoms with van der Waals surface area (Å²) in [6.45, 7) is -5.06. The number of aliphatic hydroxyl groups excluding tert-OH is 21. The predicted octanol–water partition coefficient (Wildman–Crippen LogP) is -16.0. The third-order valence-electron chi connectivity index (χ3n) is 15.3. The fraction of sp³-hybridized carbons (Fsp3) is 0.957. The van der Waals surface area contributed by atoms with Crippen LogP contribution in [0.15, 0.2) is 0 Å². The molecule has 7 fully saturated rings. The van der Waals surface area contributed by atoms with E-state index in [1.165, 1.54) is 0 Å². The van der Waals surface area contributed by atoms with Crippen molar-refractivity contribution in [3.8, 4) is 0 Å². The third-order valence-corrected chi connectivity index (χ3v) is 15.3. The molecule has 84 heavy (non-hydrogen) atoms. The van der Waals surface area contributed by atoms with Gasteiger partial charge in [-0.3, -0.25) is 9.59 Å². The number of hydrogen-bond donors (Lipinski definition) is 23. The van der Waals surface area contributed by atoms with Crippen molar-refractivity contribution in [2.24, 2.45) is 0 Å². The van der Waals surface area contributed by atoms with Crippen LogP contribution in [0.1, 0.15) is 13.8 Å². The first-order valence-corrected chi connectivity index (χ1v) is 26.6. The van der Waals surface area contributed by atoms with Gasteiger partial charge in [-0.15, -0.1) is 0 Å². The van der Waals surface area contributed by atoms with Crippen molar-refractivity contribution in [1.82, 2.24) is 10.6 Å². The van der Waals surface area contributed by atoms with Gasteiger partial charge in [0, 0.05) is 13.8 Å². The van der Waals surface area contributed by atoms with Crippen LogP contribution < -0.4 is 10.6 Å². The molecule has 23 N–H and O–H groups in total. The molecule has 7 rings (SSSR count). The van der Waals surface area contributed by atoms with E-state index in [4.69, 9.17) is 61.6 Å². The summed E-state index contributed by atoms with van der Waals surface area (Å²) in [5, 5.41) is 231. The zero-order valence-corrected chi connectivity index (χ0v) is 44.7. The number of hydrogen-bond acceptors (Lipinski definition) is 36. The summed E-state index contributed by atoms with van der Waals surface area (Å²) < 4.78 is 75.3. The SMILES string of the molecule is CC(=O)N[C@H]1[C@@H](O[C@H]2[C@@H](O[C@H]3[C@@H](O[C@H]4[C@H](O)[C@@H](CO[C@H]5O[C@H](CO)[C@H](O)[C@H](O)[C@H]5O)OC(O)[C@@H]4O)O[C@H](CO)[C@@H](O)[C@H]3O)O[C@H](CO)[C@@H](O[C@@H]3O[C@H](CO)[C@H](O)[C@H](O[C@@H]4O[C@H](CO)[C@H](O)[C@H](O)[C@H]4O)[C@H]3NC(C)=O)[C@@H]2O)O[C@H](CO)[C@@H](O)[C@@H]1O. The monoisotopic (exact) mass is 1230 g/mol. The molecule has 38 heteroatoms. The van der Waals surface area contributed by atoms with E-state index in [9.17, 15) is 117 Å². The van der Waals surface area contributed by atoms with E-state index in [1.807, 2.05) is 0 Å². The van der Waals surface area contributed by atoms with Crippen molar-refractivity contribution < 1.29 is 178 Å². The highest BCUT2D eigenvalue weighted by Crippen LogP contribution is 2.38. The van der Waals surface area contributed by atoms with E-state index in [0.29, 0.717) is 0 Å². The Kier molecular flexibility index (Phi) is 24.6. The topological polar surface area (TPSA) is 603 Å². The molecule has 7 saturated heterocycles. The number of aliphatic hydroxyl groups is 21. The number of carbonyl (C=O) groups is 2. The van der Waals surface area contributed by atoms with Crippen LogP contribution in [0.4, 0.5) is 0 Å². The highest BCUT2D eigenvalue weighted by Gasteiger charge is 2.59. The van der Waals surface area contributed by atoms with Crippen LogP contribution in [0.3, 0.4) is 0 Å². The van der Waals surface area contributed by atoms with E-state index in [2.05, 4.69) is 10.6 Å². The molecule has 488 valence electrons. The molecule has 0 aliphatic carbocycles. The highest BCUT2D eigenvalue weighted by molar-refractivity contribution is 5.73. The molecule has 0 aromatic heterocycles. The molecule has 0 saturated carbocycles. The molecule has 0 radical (unpaired) electrons. The van der Waals surface area contributed by atoms with Gasteiger partial charge in [0.05, 0.1) is 46.2 Å². The molecule has 0 aromatic rings. The van der Waals surface area contributed by atoms with Crippen LogP contribution in [0, 0.1) is 0 Å². The normalized spacial score (nSPS) is 50.3. The largest absolute Gasteiger partial charge is 0.394 e. The van der Waals surface area contributed by atoms with E-state index in [-0.39, 0.29) is 0 Å². The molecule has 0 spiro atoms. The molecule has 0 bridgehead atoms. The smallest absolute Gasteiger partial charge is 0.217 e. The van der Waals surface area contributed by atoms with Gasteiger partial charge in [0.1, 0.15) is 171 Å². The fourth-order valence-corrected chi connectivity index (χ4v) is 10.7. The molecule has 2 amide bonds. The number of nitrogens with one attached hydrogen (secondary N) is 2. The summed E-state index contributed by atoms with van der Waals surface area (Å²) in [7, 11) is 0. The first kappa shape index (κ1) is 69.1. The van der Waals surface area contributed by atoms with Crippen LogP contribution in [0.5, 0.6) is 0 Å². The Morgan fingerprint density at radius 2 is 0.667 bits per heavy atom. The summed E-state index contributed by atoms with van der Waals surface area (Å²) in [4.78, 5) is 25.4. The summed E-state index contributed by atoms with van der Waals surface area (Å²) in [6.07, 6.45) is -66.4. The second kappa shape index (κ2) is 29.9. The van der Waals surface area contributed by atoms with E-state index in [0.717, 1.165) is 13.8 Å². The van der Waals surface area contributed by atoms with E-state index >= 15 is 0 Å². The van der Waals surface area contributed by atoms with Gasteiger partial charge in [0.25, 0.3) is 0 Å². The molecule has 7 heterocycles. The van der Waals surface area contributed by atoms with Gasteiger partial charge in [0.2, 0.25) is 11.8 Å². The van der Waals surface area contributed by atoms with Crippen molar-refractivity contribution in [1.29, 1.82) is 0 Å². The number of ether oxygens (including phenoxy) is 13. The zero-order chi connectivity index (χ0) is 61.9. The second-order valence-corrected chi connectivity index (χ2v) is 21.1.